The van der Waals surface area contributed by atoms with E-state index in [1.54, 1.807) is 0 Å². The Balaban J connectivity index is 1.23. The van der Waals surface area contributed by atoms with Gasteiger partial charge in [-0.15, -0.1) is 0 Å². The van der Waals surface area contributed by atoms with Gasteiger partial charge in [-0.1, -0.05) is 18.5 Å². The Hall–Kier alpha value is -1.90. The average molecular weight is 467 g/mol. The highest BCUT2D eigenvalue weighted by Crippen LogP contribution is 2.49. The molecule has 4 unspecified atom stereocenters. The Labute approximate surface area is 193 Å². The zero-order chi connectivity index (χ0) is 22.7. The highest BCUT2D eigenvalue weighted by Gasteiger charge is 2.49. The van der Waals surface area contributed by atoms with E-state index in [0.29, 0.717) is 31.0 Å². The Morgan fingerprint density at radius 1 is 1.25 bits per heavy atom. The minimum atomic E-state index is -0.587. The Morgan fingerprint density at radius 3 is 2.81 bits per heavy atom. The standard InChI is InChI=1S/C23H32ClFN4O3/c1-2-21-26-6-5-15(28-21)11-27-23(31)17-10-20(14-7-13(17)8-14)29-22(30)12-32-16-3-4-18(24)19(25)9-16/h3-4,9,13-15,17,20-21,26,28H,2,5-8,10-12H2,1H3,(H,27,31)(H,29,30). The second kappa shape index (κ2) is 10.4. The van der Waals surface area contributed by atoms with Gasteiger partial charge in [0.2, 0.25) is 5.91 Å². The summed E-state index contributed by atoms with van der Waals surface area (Å²) >= 11 is 5.66. The van der Waals surface area contributed by atoms with E-state index in [9.17, 15) is 14.0 Å². The fourth-order valence-electron chi connectivity index (χ4n) is 5.12. The lowest BCUT2D eigenvalue weighted by atomic mass is 9.57. The van der Waals surface area contributed by atoms with Crippen LogP contribution in [0.1, 0.15) is 39.0 Å². The monoisotopic (exact) mass is 466 g/mol. The van der Waals surface area contributed by atoms with E-state index in [2.05, 4.69) is 28.2 Å². The molecule has 1 heterocycles. The minimum absolute atomic E-state index is 0.00831. The highest BCUT2D eigenvalue weighted by molar-refractivity contribution is 6.30. The third-order valence-electron chi connectivity index (χ3n) is 7.05. The summed E-state index contributed by atoms with van der Waals surface area (Å²) in [6.07, 6.45) is 4.89. The number of hydrogen-bond acceptors (Lipinski definition) is 5. The number of carbonyl (C=O) groups excluding carboxylic acids is 2. The molecule has 1 aliphatic heterocycles. The number of halogens is 2. The van der Waals surface area contributed by atoms with Crippen LogP contribution in [-0.4, -0.2) is 49.8 Å². The maximum Gasteiger partial charge on any atom is 0.258 e. The number of carbonyl (C=O) groups is 2. The molecular weight excluding hydrogens is 435 g/mol. The molecule has 176 valence electrons. The molecule has 4 N–H and O–H groups in total. The molecule has 1 aromatic rings. The smallest absolute Gasteiger partial charge is 0.258 e. The number of hydrogen-bond donors (Lipinski definition) is 4. The molecule has 0 aromatic heterocycles. The largest absolute Gasteiger partial charge is 0.484 e. The summed E-state index contributed by atoms with van der Waals surface area (Å²) in [6.45, 7) is 3.52. The molecule has 32 heavy (non-hydrogen) atoms. The lowest BCUT2D eigenvalue weighted by molar-refractivity contribution is -0.136. The van der Waals surface area contributed by atoms with Crippen LogP contribution in [0.25, 0.3) is 0 Å². The molecule has 7 nitrogen and oxygen atoms in total. The summed E-state index contributed by atoms with van der Waals surface area (Å²) in [4.78, 5) is 25.3. The van der Waals surface area contributed by atoms with Crippen molar-refractivity contribution in [2.45, 2.75) is 57.3 Å². The summed E-state index contributed by atoms with van der Waals surface area (Å²) in [5, 5.41) is 13.1. The van der Waals surface area contributed by atoms with Crippen molar-refractivity contribution < 1.29 is 18.7 Å². The van der Waals surface area contributed by atoms with Gasteiger partial charge in [-0.05, 0) is 62.6 Å². The third kappa shape index (κ3) is 5.53. The van der Waals surface area contributed by atoms with Crippen molar-refractivity contribution in [1.29, 1.82) is 0 Å². The topological polar surface area (TPSA) is 91.5 Å². The normalized spacial score (nSPS) is 31.3. The van der Waals surface area contributed by atoms with Crippen molar-refractivity contribution in [3.05, 3.63) is 29.0 Å². The van der Waals surface area contributed by atoms with Crippen LogP contribution >= 0.6 is 11.6 Å². The average Bonchev–Trinajstić information content (AvgIpc) is 2.77. The minimum Gasteiger partial charge on any atom is -0.484 e. The van der Waals surface area contributed by atoms with E-state index in [1.165, 1.54) is 12.1 Å². The van der Waals surface area contributed by atoms with Gasteiger partial charge >= 0.3 is 0 Å². The van der Waals surface area contributed by atoms with Crippen LogP contribution in [0.15, 0.2) is 18.2 Å². The summed E-state index contributed by atoms with van der Waals surface area (Å²) in [6, 6.07) is 4.33. The van der Waals surface area contributed by atoms with Gasteiger partial charge in [-0.25, -0.2) is 4.39 Å². The number of rotatable bonds is 8. The van der Waals surface area contributed by atoms with Crippen molar-refractivity contribution in [3.8, 4) is 5.75 Å². The molecule has 0 radical (unpaired) electrons. The van der Waals surface area contributed by atoms with Crippen LogP contribution in [-0.2, 0) is 9.59 Å². The molecular formula is C23H32ClFN4O3. The molecule has 5 rings (SSSR count). The maximum absolute atomic E-state index is 13.5. The van der Waals surface area contributed by atoms with E-state index in [0.717, 1.165) is 38.3 Å². The van der Waals surface area contributed by atoms with Crippen LogP contribution in [0.4, 0.5) is 4.39 Å². The number of amides is 2. The van der Waals surface area contributed by atoms with Crippen LogP contribution in [0.5, 0.6) is 5.75 Å². The lowest BCUT2D eigenvalue weighted by Crippen LogP contribution is -2.59. The first-order chi connectivity index (χ1) is 15.4. The molecule has 4 aliphatic rings. The number of ether oxygens (including phenoxy) is 1. The Bertz CT molecular complexity index is 835. The lowest BCUT2D eigenvalue weighted by Gasteiger charge is -2.50. The summed E-state index contributed by atoms with van der Waals surface area (Å²) in [5.74, 6) is 0.246. The molecule has 2 amide bonds. The second-order valence-corrected chi connectivity index (χ2v) is 9.59. The third-order valence-corrected chi connectivity index (χ3v) is 7.36. The van der Waals surface area contributed by atoms with Gasteiger partial charge in [-0.2, -0.15) is 0 Å². The van der Waals surface area contributed by atoms with E-state index >= 15 is 0 Å². The van der Waals surface area contributed by atoms with Crippen molar-refractivity contribution >= 4 is 23.4 Å². The van der Waals surface area contributed by atoms with Crippen molar-refractivity contribution in [2.75, 3.05) is 19.7 Å². The molecule has 2 bridgehead atoms. The van der Waals surface area contributed by atoms with Gasteiger partial charge in [0.1, 0.15) is 11.6 Å². The predicted molar refractivity (Wildman–Crippen MR) is 120 cm³/mol. The first-order valence-corrected chi connectivity index (χ1v) is 11.9. The fraction of sp³-hybridized carbons (Fsp3) is 0.652. The molecule has 4 atom stereocenters. The summed E-state index contributed by atoms with van der Waals surface area (Å²) in [5.41, 5.74) is 0. The number of fused-ring (bicyclic) bond motifs is 2. The van der Waals surface area contributed by atoms with Gasteiger partial charge in [0, 0.05) is 30.6 Å². The first kappa shape index (κ1) is 23.3. The van der Waals surface area contributed by atoms with E-state index in [4.69, 9.17) is 16.3 Å². The molecule has 3 aliphatic carbocycles. The predicted octanol–water partition coefficient (Wildman–Crippen LogP) is 2.19. The van der Waals surface area contributed by atoms with Crippen molar-refractivity contribution in [2.24, 2.45) is 17.8 Å². The van der Waals surface area contributed by atoms with Crippen molar-refractivity contribution in [1.82, 2.24) is 21.3 Å². The molecule has 1 aromatic carbocycles. The number of nitrogens with one attached hydrogen (secondary N) is 4. The van der Waals surface area contributed by atoms with E-state index < -0.39 is 5.82 Å². The van der Waals surface area contributed by atoms with E-state index in [-0.39, 0.29) is 47.2 Å². The van der Waals surface area contributed by atoms with Crippen LogP contribution in [0.2, 0.25) is 5.02 Å². The molecule has 3 saturated carbocycles. The molecule has 0 spiro atoms. The molecule has 4 fully saturated rings. The summed E-state index contributed by atoms with van der Waals surface area (Å²) in [7, 11) is 0. The fourth-order valence-corrected chi connectivity index (χ4v) is 5.24. The molecule has 1 saturated heterocycles. The quantitative estimate of drug-likeness (QED) is 0.471. The zero-order valence-electron chi connectivity index (χ0n) is 18.3. The Morgan fingerprint density at radius 2 is 2.06 bits per heavy atom. The number of benzene rings is 1. The first-order valence-electron chi connectivity index (χ1n) is 11.6. The van der Waals surface area contributed by atoms with E-state index in [1.807, 2.05) is 0 Å². The summed E-state index contributed by atoms with van der Waals surface area (Å²) < 4.78 is 18.9. The van der Waals surface area contributed by atoms with Crippen LogP contribution < -0.4 is 26.0 Å². The zero-order valence-corrected chi connectivity index (χ0v) is 19.1. The van der Waals surface area contributed by atoms with Crippen molar-refractivity contribution in [3.63, 3.8) is 0 Å². The van der Waals surface area contributed by atoms with Crippen LogP contribution in [0.3, 0.4) is 0 Å². The maximum atomic E-state index is 13.5. The van der Waals surface area contributed by atoms with Gasteiger partial charge in [0.25, 0.3) is 5.91 Å². The molecule has 9 heteroatoms. The van der Waals surface area contributed by atoms with Gasteiger partial charge in [0.05, 0.1) is 11.2 Å². The highest BCUT2D eigenvalue weighted by atomic mass is 35.5. The SMILES string of the molecule is CCC1NCCC(CNC(=O)C2CC(NC(=O)COc3ccc(Cl)c(F)c3)C3CC2C3)N1. The van der Waals surface area contributed by atoms with Gasteiger partial charge < -0.3 is 20.7 Å². The Kier molecular flexibility index (Phi) is 7.53. The van der Waals surface area contributed by atoms with Gasteiger partial charge in [0.15, 0.2) is 6.61 Å². The van der Waals surface area contributed by atoms with Gasteiger partial charge in [-0.3, -0.25) is 14.9 Å². The van der Waals surface area contributed by atoms with Crippen LogP contribution in [0, 0.1) is 23.6 Å². The second-order valence-electron chi connectivity index (χ2n) is 9.18.